The van der Waals surface area contributed by atoms with Gasteiger partial charge in [0.25, 0.3) is 0 Å². The Morgan fingerprint density at radius 3 is 2.05 bits per heavy atom. The SMILES string of the molecule is Cl.NNc1cccc2c1ccc1c3ccccc3ccc21. The van der Waals surface area contributed by atoms with Gasteiger partial charge in [-0.1, -0.05) is 60.7 Å². The number of anilines is 1. The first kappa shape index (κ1) is 13.7. The fraction of sp³-hybridized carbons (Fsp3) is 0. The smallest absolute Gasteiger partial charge is 0.0563 e. The zero-order valence-electron chi connectivity index (χ0n) is 11.3. The van der Waals surface area contributed by atoms with Crippen molar-refractivity contribution in [3.63, 3.8) is 0 Å². The fourth-order valence-electron chi connectivity index (χ4n) is 2.98. The van der Waals surface area contributed by atoms with Crippen molar-refractivity contribution in [1.29, 1.82) is 0 Å². The lowest BCUT2D eigenvalue weighted by atomic mass is 9.96. The summed E-state index contributed by atoms with van der Waals surface area (Å²) in [6, 6.07) is 23.4. The van der Waals surface area contributed by atoms with Gasteiger partial charge in [0.1, 0.15) is 0 Å². The maximum Gasteiger partial charge on any atom is 0.0563 e. The quantitative estimate of drug-likeness (QED) is 0.299. The molecule has 3 heteroatoms. The summed E-state index contributed by atoms with van der Waals surface area (Å²) in [5, 5.41) is 7.48. The Morgan fingerprint density at radius 2 is 1.19 bits per heavy atom. The van der Waals surface area contributed by atoms with Gasteiger partial charge >= 0.3 is 0 Å². The van der Waals surface area contributed by atoms with Gasteiger partial charge in [0.2, 0.25) is 0 Å². The van der Waals surface area contributed by atoms with Gasteiger partial charge in [-0.2, -0.15) is 0 Å². The van der Waals surface area contributed by atoms with Crippen LogP contribution in [0.5, 0.6) is 0 Å². The molecule has 21 heavy (non-hydrogen) atoms. The molecule has 2 nitrogen and oxygen atoms in total. The average molecular weight is 295 g/mol. The predicted octanol–water partition coefficient (Wildman–Crippen LogP) is 4.85. The molecule has 0 aliphatic carbocycles. The highest BCUT2D eigenvalue weighted by Crippen LogP contribution is 2.33. The van der Waals surface area contributed by atoms with Crippen LogP contribution in [0, 0.1) is 0 Å². The van der Waals surface area contributed by atoms with Gasteiger partial charge < -0.3 is 5.43 Å². The maximum atomic E-state index is 5.60. The summed E-state index contributed by atoms with van der Waals surface area (Å²) < 4.78 is 0. The molecule has 0 atom stereocenters. The predicted molar refractivity (Wildman–Crippen MR) is 94.0 cm³/mol. The molecular formula is C18H15ClN2. The van der Waals surface area contributed by atoms with Crippen LogP contribution >= 0.6 is 12.4 Å². The zero-order valence-corrected chi connectivity index (χ0v) is 12.2. The summed E-state index contributed by atoms with van der Waals surface area (Å²) in [6.07, 6.45) is 0. The number of nitrogen functional groups attached to an aromatic ring is 1. The van der Waals surface area contributed by atoms with E-state index in [0.29, 0.717) is 0 Å². The van der Waals surface area contributed by atoms with E-state index < -0.39 is 0 Å². The van der Waals surface area contributed by atoms with Crippen molar-refractivity contribution in [1.82, 2.24) is 0 Å². The summed E-state index contributed by atoms with van der Waals surface area (Å²) in [7, 11) is 0. The Morgan fingerprint density at radius 1 is 0.571 bits per heavy atom. The molecule has 0 aliphatic heterocycles. The maximum absolute atomic E-state index is 5.60. The minimum Gasteiger partial charge on any atom is -0.324 e. The third kappa shape index (κ3) is 2.00. The van der Waals surface area contributed by atoms with Crippen LogP contribution in [0.1, 0.15) is 0 Å². The van der Waals surface area contributed by atoms with E-state index in [9.17, 15) is 0 Å². The van der Waals surface area contributed by atoms with Crippen molar-refractivity contribution in [2.45, 2.75) is 0 Å². The molecule has 0 radical (unpaired) electrons. The van der Waals surface area contributed by atoms with E-state index in [0.717, 1.165) is 11.1 Å². The second kappa shape index (κ2) is 5.24. The minimum absolute atomic E-state index is 0. The van der Waals surface area contributed by atoms with Crippen LogP contribution in [0.4, 0.5) is 5.69 Å². The molecule has 0 saturated heterocycles. The first-order chi connectivity index (χ1) is 9.88. The van der Waals surface area contributed by atoms with Crippen LogP contribution in [0.25, 0.3) is 32.3 Å². The number of halogens is 1. The standard InChI is InChI=1S/C18H14N2.ClH/c19-20-18-7-3-6-14-16-9-8-12-4-1-2-5-13(12)15(16)10-11-17(14)18;/h1-11,20H,19H2;1H. The lowest BCUT2D eigenvalue weighted by molar-refractivity contribution is 1.37. The Bertz CT molecular complexity index is 947. The third-order valence-corrected chi connectivity index (χ3v) is 3.94. The second-order valence-electron chi connectivity index (χ2n) is 4.99. The van der Waals surface area contributed by atoms with Crippen LogP contribution in [-0.2, 0) is 0 Å². The number of hydrogen-bond donors (Lipinski definition) is 2. The number of hydrazine groups is 1. The second-order valence-corrected chi connectivity index (χ2v) is 4.99. The van der Waals surface area contributed by atoms with Gasteiger partial charge in [-0.25, -0.2) is 0 Å². The zero-order chi connectivity index (χ0) is 13.5. The van der Waals surface area contributed by atoms with E-state index in [1.807, 2.05) is 12.1 Å². The molecule has 4 aromatic rings. The van der Waals surface area contributed by atoms with Crippen LogP contribution in [0.15, 0.2) is 66.7 Å². The van der Waals surface area contributed by atoms with E-state index in [2.05, 4.69) is 60.0 Å². The number of benzene rings is 4. The molecule has 0 fully saturated rings. The largest absolute Gasteiger partial charge is 0.324 e. The van der Waals surface area contributed by atoms with Crippen LogP contribution in [0.3, 0.4) is 0 Å². The average Bonchev–Trinajstić information content (AvgIpc) is 2.53. The molecule has 0 unspecified atom stereocenters. The fourth-order valence-corrected chi connectivity index (χ4v) is 2.98. The number of fused-ring (bicyclic) bond motifs is 5. The molecule has 104 valence electrons. The molecule has 0 heterocycles. The van der Waals surface area contributed by atoms with E-state index in [1.165, 1.54) is 26.9 Å². The highest BCUT2D eigenvalue weighted by atomic mass is 35.5. The molecule has 0 spiro atoms. The molecular weight excluding hydrogens is 280 g/mol. The van der Waals surface area contributed by atoms with Gasteiger partial charge in [0.15, 0.2) is 0 Å². The van der Waals surface area contributed by atoms with Gasteiger partial charge in [-0.15, -0.1) is 12.4 Å². The van der Waals surface area contributed by atoms with Crippen molar-refractivity contribution in [3.05, 3.63) is 66.7 Å². The van der Waals surface area contributed by atoms with Gasteiger partial charge in [0.05, 0.1) is 5.69 Å². The Labute approximate surface area is 128 Å². The number of rotatable bonds is 1. The summed E-state index contributed by atoms with van der Waals surface area (Å²) >= 11 is 0. The van der Waals surface area contributed by atoms with Crippen LogP contribution in [-0.4, -0.2) is 0 Å². The summed E-state index contributed by atoms with van der Waals surface area (Å²) in [6.45, 7) is 0. The lowest BCUT2D eigenvalue weighted by Gasteiger charge is -2.10. The van der Waals surface area contributed by atoms with Gasteiger partial charge in [-0.3, -0.25) is 5.84 Å². The molecule has 0 amide bonds. The molecule has 3 N–H and O–H groups in total. The molecule has 4 aromatic carbocycles. The minimum atomic E-state index is 0. The van der Waals surface area contributed by atoms with Crippen molar-refractivity contribution in [2.75, 3.05) is 5.43 Å². The highest BCUT2D eigenvalue weighted by molar-refractivity contribution is 6.18. The van der Waals surface area contributed by atoms with Gasteiger partial charge in [-0.05, 0) is 33.0 Å². The number of nitrogens with two attached hydrogens (primary N) is 1. The molecule has 0 aromatic heterocycles. The number of hydrogen-bond acceptors (Lipinski definition) is 2. The van der Waals surface area contributed by atoms with Crippen molar-refractivity contribution in [3.8, 4) is 0 Å². The van der Waals surface area contributed by atoms with Crippen molar-refractivity contribution >= 4 is 50.4 Å². The highest BCUT2D eigenvalue weighted by Gasteiger charge is 2.06. The van der Waals surface area contributed by atoms with Gasteiger partial charge in [0, 0.05) is 5.39 Å². The van der Waals surface area contributed by atoms with E-state index in [-0.39, 0.29) is 12.4 Å². The lowest BCUT2D eigenvalue weighted by Crippen LogP contribution is -2.06. The molecule has 0 aliphatic rings. The van der Waals surface area contributed by atoms with Crippen molar-refractivity contribution in [2.24, 2.45) is 5.84 Å². The first-order valence-electron chi connectivity index (χ1n) is 6.68. The molecule has 0 bridgehead atoms. The van der Waals surface area contributed by atoms with E-state index >= 15 is 0 Å². The first-order valence-corrected chi connectivity index (χ1v) is 6.68. The summed E-state index contributed by atoms with van der Waals surface area (Å²) in [5.74, 6) is 5.60. The Hall–Kier alpha value is -2.29. The van der Waals surface area contributed by atoms with Crippen molar-refractivity contribution < 1.29 is 0 Å². The Balaban J connectivity index is 0.00000132. The van der Waals surface area contributed by atoms with Crippen LogP contribution in [0.2, 0.25) is 0 Å². The van der Waals surface area contributed by atoms with Crippen LogP contribution < -0.4 is 11.3 Å². The normalized spacial score (nSPS) is 10.7. The third-order valence-electron chi connectivity index (χ3n) is 3.94. The molecule has 4 rings (SSSR count). The molecule has 0 saturated carbocycles. The summed E-state index contributed by atoms with van der Waals surface area (Å²) in [5.41, 5.74) is 3.73. The van der Waals surface area contributed by atoms with E-state index in [1.54, 1.807) is 0 Å². The number of nitrogens with one attached hydrogen (secondary N) is 1. The van der Waals surface area contributed by atoms with E-state index in [4.69, 9.17) is 5.84 Å². The summed E-state index contributed by atoms with van der Waals surface area (Å²) in [4.78, 5) is 0. The monoisotopic (exact) mass is 294 g/mol. The topological polar surface area (TPSA) is 38.0 Å². The Kier molecular flexibility index (Phi) is 3.42.